The van der Waals surface area contributed by atoms with Crippen molar-refractivity contribution < 1.29 is 19.4 Å². The first-order valence-electron chi connectivity index (χ1n) is 9.42. The summed E-state index contributed by atoms with van der Waals surface area (Å²) in [7, 11) is 1.34. The van der Waals surface area contributed by atoms with E-state index in [0.29, 0.717) is 12.0 Å². The van der Waals surface area contributed by atoms with E-state index in [1.165, 1.54) is 7.11 Å². The molecule has 0 bridgehead atoms. The second-order valence-corrected chi connectivity index (χ2v) is 7.34. The largest absolute Gasteiger partial charge is 0.508 e. The van der Waals surface area contributed by atoms with Gasteiger partial charge in [0, 0.05) is 11.5 Å². The van der Waals surface area contributed by atoms with Crippen LogP contribution in [-0.2, 0) is 9.53 Å². The number of hydrogen-bond donors (Lipinski definition) is 1. The lowest BCUT2D eigenvalue weighted by atomic mass is 9.70. The maximum Gasteiger partial charge on any atom is 0.337 e. The molecule has 5 rings (SSSR count). The first kappa shape index (κ1) is 16.9. The predicted molar refractivity (Wildman–Crippen MR) is 107 cm³/mol. The van der Waals surface area contributed by atoms with Crippen LogP contribution in [0.3, 0.4) is 0 Å². The minimum Gasteiger partial charge on any atom is -0.508 e. The zero-order valence-corrected chi connectivity index (χ0v) is 15.5. The van der Waals surface area contributed by atoms with Crippen LogP contribution in [0.2, 0.25) is 0 Å². The molecule has 1 N–H and O–H groups in total. The van der Waals surface area contributed by atoms with E-state index in [4.69, 9.17) is 9.47 Å². The number of fused-ring (bicyclic) bond motifs is 5. The van der Waals surface area contributed by atoms with Gasteiger partial charge in [0.25, 0.3) is 0 Å². The summed E-state index contributed by atoms with van der Waals surface area (Å²) in [6.07, 6.45) is -0.177. The van der Waals surface area contributed by atoms with Crippen molar-refractivity contribution in [3.8, 4) is 5.75 Å². The molecule has 0 fully saturated rings. The number of hydrogen-bond acceptors (Lipinski definition) is 4. The monoisotopic (exact) mass is 372 g/mol. The zero-order valence-electron chi connectivity index (χ0n) is 15.5. The number of carbonyl (C=O) groups is 1. The van der Waals surface area contributed by atoms with E-state index < -0.39 is 12.1 Å². The number of carbonyl (C=O) groups excluding carboxylic acids is 1. The molecule has 3 aromatic carbocycles. The van der Waals surface area contributed by atoms with Gasteiger partial charge in [-0.3, -0.25) is 0 Å². The van der Waals surface area contributed by atoms with Crippen LogP contribution < -0.4 is 4.74 Å². The van der Waals surface area contributed by atoms with Gasteiger partial charge in [0.1, 0.15) is 11.5 Å². The minimum absolute atomic E-state index is 0.00301. The van der Waals surface area contributed by atoms with Gasteiger partial charge in [0.2, 0.25) is 0 Å². The number of benzene rings is 3. The normalized spacial score (nSPS) is 23.1. The summed E-state index contributed by atoms with van der Waals surface area (Å²) in [5.41, 5.74) is 2.53. The molecule has 0 saturated heterocycles. The molecular formula is C24H20O4. The van der Waals surface area contributed by atoms with Crippen LogP contribution >= 0.6 is 0 Å². The predicted octanol–water partition coefficient (Wildman–Crippen LogP) is 4.86. The van der Waals surface area contributed by atoms with Gasteiger partial charge in [-0.25, -0.2) is 4.79 Å². The topological polar surface area (TPSA) is 55.8 Å². The first-order valence-corrected chi connectivity index (χ1v) is 9.42. The summed E-state index contributed by atoms with van der Waals surface area (Å²) < 4.78 is 11.1. The molecule has 4 nitrogen and oxygen atoms in total. The molecule has 0 saturated carbocycles. The average Bonchev–Trinajstić information content (AvgIpc) is 3.15. The molecule has 3 atom stereocenters. The molecule has 0 spiro atoms. The fraction of sp³-hybridized carbons (Fsp3) is 0.208. The first-order chi connectivity index (χ1) is 13.7. The van der Waals surface area contributed by atoms with Crippen molar-refractivity contribution in [2.45, 2.75) is 24.4 Å². The van der Waals surface area contributed by atoms with E-state index in [0.717, 1.165) is 27.6 Å². The van der Waals surface area contributed by atoms with Crippen molar-refractivity contribution >= 4 is 16.7 Å². The third-order valence-electron chi connectivity index (χ3n) is 5.94. The summed E-state index contributed by atoms with van der Waals surface area (Å²) in [6.45, 7) is 0. The second-order valence-electron chi connectivity index (χ2n) is 7.34. The fourth-order valence-electron chi connectivity index (χ4n) is 4.68. The lowest BCUT2D eigenvalue weighted by Gasteiger charge is -2.34. The fourth-order valence-corrected chi connectivity index (χ4v) is 4.68. The lowest BCUT2D eigenvalue weighted by Crippen LogP contribution is -2.34. The second kappa shape index (κ2) is 6.41. The summed E-state index contributed by atoms with van der Waals surface area (Å²) in [5, 5.41) is 13.2. The van der Waals surface area contributed by atoms with Crippen molar-refractivity contribution in [2.24, 2.45) is 0 Å². The highest BCUT2D eigenvalue weighted by Gasteiger charge is 2.49. The van der Waals surface area contributed by atoms with Crippen LogP contribution in [0.1, 0.15) is 29.4 Å². The molecular weight excluding hydrogens is 352 g/mol. The summed E-state index contributed by atoms with van der Waals surface area (Å²) in [6, 6.07) is 22.3. The van der Waals surface area contributed by atoms with Crippen molar-refractivity contribution in [1.82, 2.24) is 0 Å². The number of aliphatic hydroxyl groups is 1. The highest BCUT2D eigenvalue weighted by Crippen LogP contribution is 2.55. The maximum atomic E-state index is 12.3. The molecule has 0 radical (unpaired) electrons. The van der Waals surface area contributed by atoms with Gasteiger partial charge in [-0.05, 0) is 34.7 Å². The van der Waals surface area contributed by atoms with E-state index in [-0.39, 0.29) is 17.6 Å². The Morgan fingerprint density at radius 2 is 1.79 bits per heavy atom. The molecule has 4 heteroatoms. The van der Waals surface area contributed by atoms with Gasteiger partial charge in [-0.1, -0.05) is 60.7 Å². The molecule has 0 amide bonds. The minimum atomic E-state index is -0.589. The number of methoxy groups -OCH3 is 1. The SMILES string of the molecule is COC(=O)C1=C(O)[C@@H]2Oc3ccc4ccccc4c3[C@@H]2[C@@H](c2ccccc2)C1. The van der Waals surface area contributed by atoms with E-state index in [1.807, 2.05) is 42.5 Å². The van der Waals surface area contributed by atoms with Crippen LogP contribution in [0.5, 0.6) is 5.75 Å². The molecule has 0 aromatic heterocycles. The van der Waals surface area contributed by atoms with Gasteiger partial charge in [0.15, 0.2) is 6.10 Å². The molecule has 0 unspecified atom stereocenters. The Labute approximate surface area is 163 Å². The van der Waals surface area contributed by atoms with Gasteiger partial charge in [-0.15, -0.1) is 0 Å². The van der Waals surface area contributed by atoms with Crippen molar-refractivity contribution in [1.29, 1.82) is 0 Å². The van der Waals surface area contributed by atoms with Gasteiger partial charge in [-0.2, -0.15) is 0 Å². The van der Waals surface area contributed by atoms with Crippen LogP contribution in [0.25, 0.3) is 10.8 Å². The standard InChI is InChI=1S/C24H20O4/c1-27-24(26)18-13-17(14-7-3-2-4-8-14)21-20-16-10-6-5-9-15(16)11-12-19(20)28-23(21)22(18)25/h2-12,17,21,23,25H,13H2,1H3/t17-,21+,23-/m1/s1. The molecule has 1 aliphatic heterocycles. The average molecular weight is 372 g/mol. The Morgan fingerprint density at radius 3 is 2.57 bits per heavy atom. The lowest BCUT2D eigenvalue weighted by molar-refractivity contribution is -0.136. The molecule has 2 aliphatic rings. The van der Waals surface area contributed by atoms with Crippen LogP contribution in [0.15, 0.2) is 78.1 Å². The summed E-state index contributed by atoms with van der Waals surface area (Å²) >= 11 is 0. The van der Waals surface area contributed by atoms with Gasteiger partial charge >= 0.3 is 5.97 Å². The third-order valence-corrected chi connectivity index (χ3v) is 5.94. The highest BCUT2D eigenvalue weighted by molar-refractivity contribution is 5.92. The zero-order chi connectivity index (χ0) is 19.3. The van der Waals surface area contributed by atoms with Crippen molar-refractivity contribution in [3.05, 3.63) is 89.2 Å². The molecule has 28 heavy (non-hydrogen) atoms. The van der Waals surface area contributed by atoms with Crippen molar-refractivity contribution in [2.75, 3.05) is 7.11 Å². The molecule has 1 aliphatic carbocycles. The Hall–Kier alpha value is -3.27. The van der Waals surface area contributed by atoms with Crippen LogP contribution in [-0.4, -0.2) is 24.3 Å². The van der Waals surface area contributed by atoms with E-state index >= 15 is 0 Å². The molecule has 140 valence electrons. The summed E-state index contributed by atoms with van der Waals surface area (Å²) in [4.78, 5) is 12.3. The maximum absolute atomic E-state index is 12.3. The van der Waals surface area contributed by atoms with Gasteiger partial charge in [0.05, 0.1) is 12.7 Å². The number of aliphatic hydroxyl groups excluding tert-OH is 1. The Bertz CT molecular complexity index is 1100. The van der Waals surface area contributed by atoms with Crippen LogP contribution in [0.4, 0.5) is 0 Å². The van der Waals surface area contributed by atoms with E-state index in [2.05, 4.69) is 24.3 Å². The van der Waals surface area contributed by atoms with E-state index in [9.17, 15) is 9.90 Å². The number of ether oxygens (including phenoxy) is 2. The van der Waals surface area contributed by atoms with Crippen LogP contribution in [0, 0.1) is 0 Å². The molecule has 1 heterocycles. The number of rotatable bonds is 2. The smallest absolute Gasteiger partial charge is 0.337 e. The summed E-state index contributed by atoms with van der Waals surface area (Å²) in [5.74, 6) is 0.193. The van der Waals surface area contributed by atoms with Crippen molar-refractivity contribution in [3.63, 3.8) is 0 Å². The molecule has 3 aromatic rings. The Balaban J connectivity index is 1.74. The van der Waals surface area contributed by atoms with E-state index in [1.54, 1.807) is 0 Å². The Kier molecular flexibility index (Phi) is 3.86. The third kappa shape index (κ3) is 2.41. The number of esters is 1. The quantitative estimate of drug-likeness (QED) is 0.653. The highest BCUT2D eigenvalue weighted by atomic mass is 16.5. The Morgan fingerprint density at radius 1 is 1.04 bits per heavy atom. The van der Waals surface area contributed by atoms with Gasteiger partial charge < -0.3 is 14.6 Å².